The molecule has 4 rings (SSSR count). The van der Waals surface area contributed by atoms with Crippen molar-refractivity contribution in [3.05, 3.63) is 78.2 Å². The normalized spacial score (nSPS) is 13.1. The molecule has 0 amide bonds. The molecule has 4 aromatic rings. The molecular weight excluding hydrogens is 620 g/mol. The summed E-state index contributed by atoms with van der Waals surface area (Å²) in [7, 11) is 0. The molecule has 3 aromatic carbocycles. The van der Waals surface area contributed by atoms with Gasteiger partial charge in [0.1, 0.15) is 5.82 Å². The van der Waals surface area contributed by atoms with Crippen LogP contribution in [0.1, 0.15) is 39.2 Å². The third-order valence-electron chi connectivity index (χ3n) is 5.82. The van der Waals surface area contributed by atoms with Gasteiger partial charge in [-0.1, -0.05) is 55.8 Å². The van der Waals surface area contributed by atoms with Crippen LogP contribution in [0.4, 0.5) is 13.2 Å². The molecule has 0 aliphatic heterocycles. The number of alkyl halides is 2. The topological polar surface area (TPSA) is 53.4 Å². The molecule has 0 spiro atoms. The smallest absolute Gasteiger partial charge is 0.201 e. The van der Waals surface area contributed by atoms with Crippen molar-refractivity contribution in [1.29, 1.82) is 0 Å². The van der Waals surface area contributed by atoms with Crippen molar-refractivity contribution in [2.45, 2.75) is 51.7 Å². The zero-order valence-corrected chi connectivity index (χ0v) is 21.5. The summed E-state index contributed by atoms with van der Waals surface area (Å²) in [6.07, 6.45) is -2.42. The number of benzene rings is 3. The maximum Gasteiger partial charge on any atom is 0.201 e. The van der Waals surface area contributed by atoms with Crippen LogP contribution in [0, 0.1) is 11.9 Å². The zero-order chi connectivity index (χ0) is 24.2. The van der Waals surface area contributed by atoms with Crippen LogP contribution in [-0.4, -0.2) is 27.9 Å². The third-order valence-corrected chi connectivity index (χ3v) is 5.82. The first-order chi connectivity index (χ1) is 15.6. The van der Waals surface area contributed by atoms with E-state index in [2.05, 4.69) is 50.0 Å². The number of aromatic nitrogens is 1. The SMILES string of the molecule is CCC(C)(C)c1ccnc(-c2[c-]cc3ccc4cc(F)ccc4c3c2)c1.OC(F)CC(O)F.[Ir]. The summed E-state index contributed by atoms with van der Waals surface area (Å²) in [4.78, 5) is 4.57. The molecule has 2 N–H and O–H groups in total. The number of halogens is 3. The molecule has 0 fully saturated rings. The van der Waals surface area contributed by atoms with Crippen LogP contribution < -0.4 is 0 Å². The van der Waals surface area contributed by atoms with Gasteiger partial charge in [-0.2, -0.15) is 0 Å². The monoisotopic (exact) mass is 647 g/mol. The summed E-state index contributed by atoms with van der Waals surface area (Å²) >= 11 is 0. The Hall–Kier alpha value is -2.31. The van der Waals surface area contributed by atoms with E-state index in [-0.39, 0.29) is 31.3 Å². The van der Waals surface area contributed by atoms with Gasteiger partial charge in [0, 0.05) is 26.3 Å². The first-order valence-electron chi connectivity index (χ1n) is 10.8. The minimum atomic E-state index is -2.25. The van der Waals surface area contributed by atoms with Crippen LogP contribution in [0.5, 0.6) is 0 Å². The Morgan fingerprint density at radius 2 is 1.62 bits per heavy atom. The Morgan fingerprint density at radius 3 is 2.24 bits per heavy atom. The van der Waals surface area contributed by atoms with E-state index in [4.69, 9.17) is 10.2 Å². The summed E-state index contributed by atoms with van der Waals surface area (Å²) in [6.45, 7) is 6.70. The van der Waals surface area contributed by atoms with Crippen molar-refractivity contribution in [3.63, 3.8) is 0 Å². The van der Waals surface area contributed by atoms with Gasteiger partial charge in [-0.05, 0) is 52.1 Å². The van der Waals surface area contributed by atoms with Gasteiger partial charge in [0.2, 0.25) is 12.7 Å². The fraction of sp³-hybridized carbons (Fsp3) is 0.296. The van der Waals surface area contributed by atoms with Gasteiger partial charge in [0.15, 0.2) is 0 Å². The summed E-state index contributed by atoms with van der Waals surface area (Å²) in [5.74, 6) is -0.212. The number of aliphatic hydroxyl groups is 2. The summed E-state index contributed by atoms with van der Waals surface area (Å²) in [5, 5.41) is 19.5. The van der Waals surface area contributed by atoms with Crippen LogP contribution >= 0.6 is 0 Å². The molecule has 3 nitrogen and oxygen atoms in total. The van der Waals surface area contributed by atoms with Gasteiger partial charge in [0.25, 0.3) is 0 Å². The van der Waals surface area contributed by atoms with Gasteiger partial charge in [-0.25, -0.2) is 13.2 Å². The largest absolute Gasteiger partial charge is 0.364 e. The summed E-state index contributed by atoms with van der Waals surface area (Å²) in [5.41, 5.74) is 3.27. The number of nitrogens with zero attached hydrogens (tertiary/aromatic N) is 1. The van der Waals surface area contributed by atoms with E-state index in [1.54, 1.807) is 6.07 Å². The predicted octanol–water partition coefficient (Wildman–Crippen LogP) is 6.63. The Morgan fingerprint density at radius 1 is 0.941 bits per heavy atom. The Balaban J connectivity index is 0.000000449. The molecule has 0 saturated heterocycles. The second-order valence-electron chi connectivity index (χ2n) is 8.55. The number of hydrogen-bond donors (Lipinski definition) is 2. The van der Waals surface area contributed by atoms with Crippen molar-refractivity contribution >= 4 is 21.5 Å². The van der Waals surface area contributed by atoms with E-state index in [0.29, 0.717) is 0 Å². The minimum Gasteiger partial charge on any atom is -0.364 e. The Labute approximate surface area is 211 Å². The Bertz CT molecular complexity index is 1240. The molecule has 0 saturated carbocycles. The minimum absolute atomic E-state index is 0. The van der Waals surface area contributed by atoms with E-state index in [1.165, 1.54) is 11.6 Å². The maximum absolute atomic E-state index is 13.6. The average molecular weight is 647 g/mol. The van der Waals surface area contributed by atoms with Crippen LogP contribution in [0.25, 0.3) is 32.8 Å². The molecule has 7 heteroatoms. The van der Waals surface area contributed by atoms with Crippen molar-refractivity contribution in [2.75, 3.05) is 0 Å². The number of hydrogen-bond acceptors (Lipinski definition) is 3. The van der Waals surface area contributed by atoms with Crippen LogP contribution in [0.2, 0.25) is 0 Å². The number of fused-ring (bicyclic) bond motifs is 3. The molecule has 1 aromatic heterocycles. The molecule has 2 atom stereocenters. The van der Waals surface area contributed by atoms with Gasteiger partial charge in [-0.15, -0.1) is 23.8 Å². The predicted molar refractivity (Wildman–Crippen MR) is 126 cm³/mol. The van der Waals surface area contributed by atoms with Crippen molar-refractivity contribution in [2.24, 2.45) is 0 Å². The van der Waals surface area contributed by atoms with Crippen LogP contribution in [-0.2, 0) is 25.5 Å². The molecule has 0 aliphatic carbocycles. The van der Waals surface area contributed by atoms with E-state index in [0.717, 1.165) is 39.2 Å². The van der Waals surface area contributed by atoms with Crippen LogP contribution in [0.15, 0.2) is 60.8 Å². The van der Waals surface area contributed by atoms with Gasteiger partial charge >= 0.3 is 0 Å². The van der Waals surface area contributed by atoms with Crippen molar-refractivity contribution in [3.8, 4) is 11.3 Å². The van der Waals surface area contributed by atoms with Gasteiger partial charge in [0.05, 0.1) is 6.42 Å². The Kier molecular flexibility index (Phi) is 9.77. The fourth-order valence-electron chi connectivity index (χ4n) is 3.48. The van der Waals surface area contributed by atoms with Gasteiger partial charge < -0.3 is 15.2 Å². The molecule has 0 bridgehead atoms. The van der Waals surface area contributed by atoms with E-state index < -0.39 is 19.1 Å². The first-order valence-corrected chi connectivity index (χ1v) is 10.8. The number of pyridine rings is 1. The third kappa shape index (κ3) is 6.86. The fourth-order valence-corrected chi connectivity index (χ4v) is 3.48. The molecule has 1 heterocycles. The molecule has 0 aliphatic rings. The van der Waals surface area contributed by atoms with Crippen molar-refractivity contribution < 1.29 is 43.5 Å². The quantitative estimate of drug-likeness (QED) is 0.189. The average Bonchev–Trinajstić information content (AvgIpc) is 2.78. The standard InChI is InChI=1S/C24H21FN.C3H6F2O2.Ir/c1-4-24(2,3)19-11-12-26-23(15-19)18-8-6-16-5-7-17-13-20(25)9-10-21(17)22(16)14-18;4-2(6)1-3(5)7;/h5-7,9-15H,4H2,1-3H3;2-3,6-7H,1H2;/q-1;;. The van der Waals surface area contributed by atoms with E-state index in [1.807, 2.05) is 30.5 Å². The second kappa shape index (κ2) is 11.9. The summed E-state index contributed by atoms with van der Waals surface area (Å²) < 4.78 is 35.8. The van der Waals surface area contributed by atoms with E-state index >= 15 is 0 Å². The number of rotatable bonds is 5. The second-order valence-corrected chi connectivity index (χ2v) is 8.55. The maximum atomic E-state index is 13.6. The van der Waals surface area contributed by atoms with E-state index in [9.17, 15) is 13.2 Å². The molecule has 2 unspecified atom stereocenters. The molecule has 183 valence electrons. The van der Waals surface area contributed by atoms with Crippen molar-refractivity contribution in [1.82, 2.24) is 4.98 Å². The molecular formula is C27H27F3IrNO2-. The van der Waals surface area contributed by atoms with Gasteiger partial charge in [-0.3, -0.25) is 0 Å². The first kappa shape index (κ1) is 27.9. The summed E-state index contributed by atoms with van der Waals surface area (Å²) in [6, 6.07) is 20.6. The zero-order valence-electron chi connectivity index (χ0n) is 19.2. The van der Waals surface area contributed by atoms with Crippen LogP contribution in [0.3, 0.4) is 0 Å². The molecule has 1 radical (unpaired) electrons. The number of aliphatic hydroxyl groups excluding tert-OH is 2. The molecule has 34 heavy (non-hydrogen) atoms.